The van der Waals surface area contributed by atoms with Crippen LogP contribution in [0.1, 0.15) is 22.8 Å². The highest BCUT2D eigenvalue weighted by atomic mass is 16.5. The third kappa shape index (κ3) is 1.67. The van der Waals surface area contributed by atoms with Gasteiger partial charge in [0.15, 0.2) is 5.78 Å². The number of nitrogens with zero attached hydrogens (tertiary/aromatic N) is 1. The Morgan fingerprint density at radius 3 is 2.64 bits per heavy atom. The number of methoxy groups -OCH3 is 1. The Kier molecular flexibility index (Phi) is 2.73. The summed E-state index contributed by atoms with van der Waals surface area (Å²) in [6, 6.07) is 4.56. The molecule has 0 unspecified atom stereocenters. The summed E-state index contributed by atoms with van der Waals surface area (Å²) in [5.41, 5.74) is 0.135. The van der Waals surface area contributed by atoms with Gasteiger partial charge in [0.2, 0.25) is 0 Å². The number of hydrogen-bond donors (Lipinski definition) is 1. The van der Waals surface area contributed by atoms with Crippen LogP contribution in [0.25, 0.3) is 0 Å². The average Bonchev–Trinajstić information content (AvgIpc) is 2.17. The molecule has 0 aromatic heterocycles. The van der Waals surface area contributed by atoms with E-state index in [-0.39, 0.29) is 22.7 Å². The molecule has 0 fully saturated rings. The van der Waals surface area contributed by atoms with Crippen molar-refractivity contribution in [2.45, 2.75) is 6.92 Å². The predicted molar refractivity (Wildman–Crippen MR) is 49.4 cm³/mol. The number of rotatable bonds is 2. The second-order valence-corrected chi connectivity index (χ2v) is 2.74. The Bertz CT molecular complexity index is 418. The molecule has 4 heteroatoms. The standard InChI is InChI=1S/C10H9NO3/c1-6(12)9-4-8(14-2)3-7(5-11)10(9)13/h3-4,13H,1-2H3. The number of Topliss-reactive ketones (excluding diaryl/α,β-unsaturated/α-hetero) is 1. The molecule has 0 spiro atoms. The number of phenols is 1. The Labute approximate surface area is 81.4 Å². The number of benzene rings is 1. The Balaban J connectivity index is 3.44. The second-order valence-electron chi connectivity index (χ2n) is 2.74. The molecule has 0 aliphatic heterocycles. The highest BCUT2D eigenvalue weighted by Crippen LogP contribution is 2.27. The van der Waals surface area contributed by atoms with Gasteiger partial charge in [-0.05, 0) is 13.0 Å². The minimum atomic E-state index is -0.307. The monoisotopic (exact) mass is 191 g/mol. The molecule has 0 saturated heterocycles. The van der Waals surface area contributed by atoms with Crippen LogP contribution in [0.5, 0.6) is 11.5 Å². The van der Waals surface area contributed by atoms with Crippen molar-refractivity contribution in [1.29, 1.82) is 5.26 Å². The van der Waals surface area contributed by atoms with Crippen LogP contribution in [-0.4, -0.2) is 18.0 Å². The van der Waals surface area contributed by atoms with E-state index in [1.165, 1.54) is 26.2 Å². The van der Waals surface area contributed by atoms with Gasteiger partial charge in [0.25, 0.3) is 0 Å². The van der Waals surface area contributed by atoms with Gasteiger partial charge in [-0.1, -0.05) is 0 Å². The summed E-state index contributed by atoms with van der Waals surface area (Å²) in [6.07, 6.45) is 0. The number of nitriles is 1. The molecule has 72 valence electrons. The fraction of sp³-hybridized carbons (Fsp3) is 0.200. The Morgan fingerprint density at radius 2 is 2.21 bits per heavy atom. The van der Waals surface area contributed by atoms with Gasteiger partial charge in [-0.3, -0.25) is 4.79 Å². The number of aromatic hydroxyl groups is 1. The summed E-state index contributed by atoms with van der Waals surface area (Å²) in [7, 11) is 1.43. The van der Waals surface area contributed by atoms with Crippen molar-refractivity contribution in [3.63, 3.8) is 0 Å². The van der Waals surface area contributed by atoms with Gasteiger partial charge in [-0.15, -0.1) is 0 Å². The molecular weight excluding hydrogens is 182 g/mol. The van der Waals surface area contributed by atoms with E-state index in [0.717, 1.165) is 0 Å². The summed E-state index contributed by atoms with van der Waals surface area (Å²) >= 11 is 0. The van der Waals surface area contributed by atoms with E-state index >= 15 is 0 Å². The maximum atomic E-state index is 11.1. The van der Waals surface area contributed by atoms with Crippen LogP contribution < -0.4 is 4.74 Å². The second kappa shape index (κ2) is 3.79. The van der Waals surface area contributed by atoms with Gasteiger partial charge in [0.1, 0.15) is 17.6 Å². The fourth-order valence-electron chi connectivity index (χ4n) is 1.08. The highest BCUT2D eigenvalue weighted by Gasteiger charge is 2.13. The van der Waals surface area contributed by atoms with Crippen LogP contribution in [0.15, 0.2) is 12.1 Å². The summed E-state index contributed by atoms with van der Waals surface area (Å²) < 4.78 is 4.89. The number of ketones is 1. The topological polar surface area (TPSA) is 70.3 Å². The van der Waals surface area contributed by atoms with Gasteiger partial charge < -0.3 is 9.84 Å². The zero-order valence-corrected chi connectivity index (χ0v) is 7.87. The molecule has 14 heavy (non-hydrogen) atoms. The van der Waals surface area contributed by atoms with Gasteiger partial charge in [-0.25, -0.2) is 0 Å². The first-order valence-corrected chi connectivity index (χ1v) is 3.92. The lowest BCUT2D eigenvalue weighted by Gasteiger charge is -2.05. The molecular formula is C10H9NO3. The van der Waals surface area contributed by atoms with E-state index in [4.69, 9.17) is 10.00 Å². The van der Waals surface area contributed by atoms with Crippen molar-refractivity contribution in [2.75, 3.05) is 7.11 Å². The lowest BCUT2D eigenvalue weighted by molar-refractivity contribution is 0.101. The minimum absolute atomic E-state index is 0.0366. The van der Waals surface area contributed by atoms with E-state index in [1.807, 2.05) is 0 Å². The molecule has 0 aliphatic carbocycles. The van der Waals surface area contributed by atoms with Gasteiger partial charge in [0, 0.05) is 6.07 Å². The maximum absolute atomic E-state index is 11.1. The van der Waals surface area contributed by atoms with Crippen LogP contribution in [0.2, 0.25) is 0 Å². The quantitative estimate of drug-likeness (QED) is 0.718. The lowest BCUT2D eigenvalue weighted by Crippen LogP contribution is -1.96. The third-order valence-electron chi connectivity index (χ3n) is 1.82. The molecule has 0 bridgehead atoms. The van der Waals surface area contributed by atoms with Crippen molar-refractivity contribution in [3.05, 3.63) is 23.3 Å². The van der Waals surface area contributed by atoms with Crippen molar-refractivity contribution in [1.82, 2.24) is 0 Å². The minimum Gasteiger partial charge on any atom is -0.506 e. The van der Waals surface area contributed by atoms with E-state index in [0.29, 0.717) is 5.75 Å². The van der Waals surface area contributed by atoms with E-state index in [1.54, 1.807) is 6.07 Å². The summed E-state index contributed by atoms with van der Waals surface area (Å²) in [6.45, 7) is 1.32. The zero-order chi connectivity index (χ0) is 10.7. The summed E-state index contributed by atoms with van der Waals surface area (Å²) in [5.74, 6) is -0.219. The Hall–Kier alpha value is -2.02. The first-order valence-electron chi connectivity index (χ1n) is 3.92. The average molecular weight is 191 g/mol. The summed E-state index contributed by atoms with van der Waals surface area (Å²) in [5, 5.41) is 18.1. The largest absolute Gasteiger partial charge is 0.506 e. The molecule has 1 N–H and O–H groups in total. The smallest absolute Gasteiger partial charge is 0.163 e. The van der Waals surface area contributed by atoms with Crippen molar-refractivity contribution in [2.24, 2.45) is 0 Å². The van der Waals surface area contributed by atoms with Gasteiger partial charge in [0.05, 0.1) is 18.2 Å². The summed E-state index contributed by atoms with van der Waals surface area (Å²) in [4.78, 5) is 11.1. The van der Waals surface area contributed by atoms with E-state index < -0.39 is 0 Å². The number of carbonyl (C=O) groups excluding carboxylic acids is 1. The van der Waals surface area contributed by atoms with Gasteiger partial charge >= 0.3 is 0 Å². The van der Waals surface area contributed by atoms with Crippen LogP contribution in [0.4, 0.5) is 0 Å². The number of ether oxygens (including phenoxy) is 1. The number of phenolic OH excluding ortho intramolecular Hbond substituents is 1. The van der Waals surface area contributed by atoms with Crippen LogP contribution in [-0.2, 0) is 0 Å². The fourth-order valence-corrected chi connectivity index (χ4v) is 1.08. The van der Waals surface area contributed by atoms with Crippen LogP contribution in [0.3, 0.4) is 0 Å². The lowest BCUT2D eigenvalue weighted by atomic mass is 10.1. The molecule has 0 saturated carbocycles. The van der Waals surface area contributed by atoms with Crippen molar-refractivity contribution >= 4 is 5.78 Å². The van der Waals surface area contributed by atoms with Crippen LogP contribution >= 0.6 is 0 Å². The van der Waals surface area contributed by atoms with Gasteiger partial charge in [-0.2, -0.15) is 5.26 Å². The highest BCUT2D eigenvalue weighted by molar-refractivity contribution is 5.97. The first kappa shape index (κ1) is 10.1. The molecule has 0 heterocycles. The molecule has 4 nitrogen and oxygen atoms in total. The normalized spacial score (nSPS) is 9.21. The molecule has 1 aromatic carbocycles. The molecule has 0 atom stereocenters. The van der Waals surface area contributed by atoms with E-state index in [9.17, 15) is 9.90 Å². The molecule has 0 radical (unpaired) electrons. The number of carbonyl (C=O) groups is 1. The number of hydrogen-bond acceptors (Lipinski definition) is 4. The van der Waals surface area contributed by atoms with Crippen LogP contribution in [0, 0.1) is 11.3 Å². The van der Waals surface area contributed by atoms with E-state index in [2.05, 4.69) is 0 Å². The molecule has 1 rings (SSSR count). The van der Waals surface area contributed by atoms with Crippen molar-refractivity contribution < 1.29 is 14.6 Å². The first-order chi connectivity index (χ1) is 6.60. The SMILES string of the molecule is COc1cc(C#N)c(O)c(C(C)=O)c1. The Morgan fingerprint density at radius 1 is 1.57 bits per heavy atom. The molecule has 1 aromatic rings. The third-order valence-corrected chi connectivity index (χ3v) is 1.82. The molecule has 0 amide bonds. The van der Waals surface area contributed by atoms with Crippen molar-refractivity contribution in [3.8, 4) is 17.6 Å². The maximum Gasteiger partial charge on any atom is 0.163 e. The zero-order valence-electron chi connectivity index (χ0n) is 7.87. The molecule has 0 aliphatic rings. The predicted octanol–water partition coefficient (Wildman–Crippen LogP) is 1.48.